The molecule has 0 saturated heterocycles. The van der Waals surface area contributed by atoms with Gasteiger partial charge >= 0.3 is 0 Å². The second-order valence-corrected chi connectivity index (χ2v) is 4.69. The molecule has 104 valence electrons. The first kappa shape index (κ1) is 15.2. The number of nitrogens with zero attached hydrogens (tertiary/aromatic N) is 1. The first-order valence-electron chi connectivity index (χ1n) is 6.23. The molecule has 19 heavy (non-hydrogen) atoms. The lowest BCUT2D eigenvalue weighted by atomic mass is 10.1. The molecule has 0 bridgehead atoms. The van der Waals surface area contributed by atoms with Gasteiger partial charge in [0.25, 0.3) is 5.91 Å². The summed E-state index contributed by atoms with van der Waals surface area (Å²) >= 11 is 0. The first-order valence-corrected chi connectivity index (χ1v) is 6.23. The molecule has 0 aliphatic carbocycles. The van der Waals surface area contributed by atoms with Crippen LogP contribution >= 0.6 is 0 Å². The van der Waals surface area contributed by atoms with Crippen molar-refractivity contribution in [2.24, 2.45) is 5.92 Å². The fourth-order valence-electron chi connectivity index (χ4n) is 1.67. The third-order valence-electron chi connectivity index (χ3n) is 2.78. The minimum atomic E-state index is -0.160. The molecule has 1 rings (SSSR count). The van der Waals surface area contributed by atoms with Gasteiger partial charge in [-0.25, -0.2) is 0 Å². The summed E-state index contributed by atoms with van der Waals surface area (Å²) in [5, 5.41) is 5.76. The molecule has 0 heterocycles. The van der Waals surface area contributed by atoms with E-state index in [0.29, 0.717) is 17.8 Å². The quantitative estimate of drug-likeness (QED) is 0.838. The van der Waals surface area contributed by atoms with Crippen LogP contribution in [0, 0.1) is 5.92 Å². The largest absolute Gasteiger partial charge is 0.345 e. The van der Waals surface area contributed by atoms with Crippen molar-refractivity contribution in [1.29, 1.82) is 0 Å². The summed E-state index contributed by atoms with van der Waals surface area (Å²) in [7, 11) is 5.17. The molecule has 0 saturated carbocycles. The number of para-hydroxylation sites is 1. The minimum absolute atomic E-state index is 0.103. The maximum absolute atomic E-state index is 12.0. The van der Waals surface area contributed by atoms with Crippen LogP contribution in [0.2, 0.25) is 0 Å². The smallest absolute Gasteiger partial charge is 0.255 e. The van der Waals surface area contributed by atoms with E-state index in [1.54, 1.807) is 45.4 Å². The predicted molar refractivity (Wildman–Crippen MR) is 76.2 cm³/mol. The van der Waals surface area contributed by atoms with E-state index < -0.39 is 0 Å². The van der Waals surface area contributed by atoms with Gasteiger partial charge in [-0.2, -0.15) is 0 Å². The van der Waals surface area contributed by atoms with E-state index in [9.17, 15) is 9.59 Å². The van der Waals surface area contributed by atoms with Crippen LogP contribution in [0.1, 0.15) is 17.3 Å². The predicted octanol–water partition coefficient (Wildman–Crippen LogP) is 1.18. The summed E-state index contributed by atoms with van der Waals surface area (Å²) in [5.74, 6) is -0.391. The van der Waals surface area contributed by atoms with Crippen LogP contribution in [0.3, 0.4) is 0 Å². The number of nitrogens with one attached hydrogen (secondary N) is 2. The fraction of sp³-hybridized carbons (Fsp3) is 0.429. The summed E-state index contributed by atoms with van der Waals surface area (Å²) < 4.78 is 0. The van der Waals surface area contributed by atoms with Gasteiger partial charge in [-0.15, -0.1) is 0 Å². The normalized spacial score (nSPS) is 11.8. The van der Waals surface area contributed by atoms with Gasteiger partial charge in [0.05, 0.1) is 11.3 Å². The average Bonchev–Trinajstić information content (AvgIpc) is 2.38. The molecule has 2 N–H and O–H groups in total. The van der Waals surface area contributed by atoms with Crippen LogP contribution in [0.25, 0.3) is 0 Å². The summed E-state index contributed by atoms with van der Waals surface area (Å²) in [5.41, 5.74) is 1.05. The van der Waals surface area contributed by atoms with Crippen LogP contribution in [-0.4, -0.2) is 44.4 Å². The molecular formula is C14H21N3O2. The molecule has 0 radical (unpaired) electrons. The van der Waals surface area contributed by atoms with E-state index in [2.05, 4.69) is 10.6 Å². The highest BCUT2D eigenvalue weighted by atomic mass is 16.2. The summed E-state index contributed by atoms with van der Waals surface area (Å²) in [6.45, 7) is 2.43. The Hall–Kier alpha value is -1.88. The lowest BCUT2D eigenvalue weighted by Gasteiger charge is -2.16. The van der Waals surface area contributed by atoms with Crippen molar-refractivity contribution in [2.45, 2.75) is 6.92 Å². The van der Waals surface area contributed by atoms with Crippen molar-refractivity contribution < 1.29 is 9.59 Å². The van der Waals surface area contributed by atoms with Crippen LogP contribution in [0.5, 0.6) is 0 Å². The van der Waals surface area contributed by atoms with Gasteiger partial charge in [0.2, 0.25) is 5.91 Å². The molecule has 5 nitrogen and oxygen atoms in total. The monoisotopic (exact) mass is 263 g/mol. The van der Waals surface area contributed by atoms with E-state index in [1.165, 1.54) is 4.90 Å². The molecule has 1 aromatic rings. The number of benzene rings is 1. The van der Waals surface area contributed by atoms with Crippen molar-refractivity contribution in [3.63, 3.8) is 0 Å². The highest BCUT2D eigenvalue weighted by Crippen LogP contribution is 2.17. The molecule has 0 spiro atoms. The Morgan fingerprint density at radius 3 is 2.47 bits per heavy atom. The van der Waals surface area contributed by atoms with Crippen molar-refractivity contribution in [3.05, 3.63) is 29.8 Å². The topological polar surface area (TPSA) is 61.4 Å². The zero-order valence-electron chi connectivity index (χ0n) is 11.9. The first-order chi connectivity index (χ1) is 8.97. The number of carbonyl (C=O) groups excluding carboxylic acids is 2. The summed E-state index contributed by atoms with van der Waals surface area (Å²) in [4.78, 5) is 25.5. The highest BCUT2D eigenvalue weighted by Gasteiger charge is 2.17. The number of carbonyl (C=O) groups is 2. The van der Waals surface area contributed by atoms with E-state index in [0.717, 1.165) is 0 Å². The van der Waals surface area contributed by atoms with Crippen LogP contribution in [0.15, 0.2) is 24.3 Å². The van der Waals surface area contributed by atoms with Crippen molar-refractivity contribution >= 4 is 17.5 Å². The zero-order chi connectivity index (χ0) is 14.4. The van der Waals surface area contributed by atoms with Gasteiger partial charge in [0, 0.05) is 26.6 Å². The standard InChI is InChI=1S/C14H21N3O2/c1-10(9-15-2)13(18)16-12-8-6-5-7-11(12)14(19)17(3)4/h5-8,10,15H,9H2,1-4H3,(H,16,18). The van der Waals surface area contributed by atoms with Gasteiger partial charge in [-0.1, -0.05) is 19.1 Å². The lowest BCUT2D eigenvalue weighted by Crippen LogP contribution is -2.30. The highest BCUT2D eigenvalue weighted by molar-refractivity contribution is 6.03. The second-order valence-electron chi connectivity index (χ2n) is 4.69. The van der Waals surface area contributed by atoms with E-state index in [1.807, 2.05) is 6.92 Å². The van der Waals surface area contributed by atoms with Gasteiger partial charge in [0.1, 0.15) is 0 Å². The van der Waals surface area contributed by atoms with E-state index >= 15 is 0 Å². The molecule has 0 fully saturated rings. The molecular weight excluding hydrogens is 242 g/mol. The van der Waals surface area contributed by atoms with Crippen LogP contribution in [0.4, 0.5) is 5.69 Å². The molecule has 2 amide bonds. The number of hydrogen-bond acceptors (Lipinski definition) is 3. The maximum Gasteiger partial charge on any atom is 0.255 e. The molecule has 1 aromatic carbocycles. The lowest BCUT2D eigenvalue weighted by molar-refractivity contribution is -0.119. The second kappa shape index (κ2) is 6.89. The number of amides is 2. The number of anilines is 1. The third-order valence-corrected chi connectivity index (χ3v) is 2.78. The molecule has 1 unspecified atom stereocenters. The maximum atomic E-state index is 12.0. The third kappa shape index (κ3) is 4.06. The molecule has 0 aliphatic heterocycles. The molecule has 0 aliphatic rings. The van der Waals surface area contributed by atoms with E-state index in [-0.39, 0.29) is 17.7 Å². The Morgan fingerprint density at radius 1 is 1.26 bits per heavy atom. The zero-order valence-corrected chi connectivity index (χ0v) is 11.9. The van der Waals surface area contributed by atoms with Crippen LogP contribution in [-0.2, 0) is 4.79 Å². The minimum Gasteiger partial charge on any atom is -0.345 e. The van der Waals surface area contributed by atoms with Crippen LogP contribution < -0.4 is 10.6 Å². The fourth-order valence-corrected chi connectivity index (χ4v) is 1.67. The Morgan fingerprint density at radius 2 is 1.89 bits per heavy atom. The number of rotatable bonds is 5. The van der Waals surface area contributed by atoms with Gasteiger partial charge < -0.3 is 15.5 Å². The molecule has 0 aromatic heterocycles. The summed E-state index contributed by atoms with van der Waals surface area (Å²) in [6.07, 6.45) is 0. The van der Waals surface area contributed by atoms with Gasteiger partial charge in [-0.05, 0) is 19.2 Å². The molecule has 5 heteroatoms. The Bertz CT molecular complexity index is 458. The number of hydrogen-bond donors (Lipinski definition) is 2. The molecule has 1 atom stereocenters. The van der Waals surface area contributed by atoms with Gasteiger partial charge in [0.15, 0.2) is 0 Å². The van der Waals surface area contributed by atoms with Gasteiger partial charge in [-0.3, -0.25) is 9.59 Å². The Balaban J connectivity index is 2.90. The van der Waals surface area contributed by atoms with Crippen molar-refractivity contribution in [1.82, 2.24) is 10.2 Å². The average molecular weight is 263 g/mol. The van der Waals surface area contributed by atoms with Crippen molar-refractivity contribution in [3.8, 4) is 0 Å². The van der Waals surface area contributed by atoms with E-state index in [4.69, 9.17) is 0 Å². The van der Waals surface area contributed by atoms with Crippen molar-refractivity contribution in [2.75, 3.05) is 33.0 Å². The Kier molecular flexibility index (Phi) is 5.51. The SMILES string of the molecule is CNCC(C)C(=O)Nc1ccccc1C(=O)N(C)C. The Labute approximate surface area is 114 Å². The summed E-state index contributed by atoms with van der Waals surface area (Å²) in [6, 6.07) is 7.02.